The summed E-state index contributed by atoms with van der Waals surface area (Å²) in [6, 6.07) is 6.93. The van der Waals surface area contributed by atoms with Crippen molar-refractivity contribution in [2.75, 3.05) is 6.54 Å². The molecule has 100 valence electrons. The molecule has 0 unspecified atom stereocenters. The Hall–Kier alpha value is -1.61. The molecule has 1 aliphatic carbocycles. The number of imidazole rings is 1. The summed E-state index contributed by atoms with van der Waals surface area (Å²) < 4.78 is 2.17. The molecule has 1 aliphatic rings. The molecule has 0 bridgehead atoms. The number of aromatic nitrogens is 2. The van der Waals surface area contributed by atoms with Crippen LogP contribution in [0.1, 0.15) is 35.7 Å². The predicted molar refractivity (Wildman–Crippen MR) is 77.2 cm³/mol. The molecule has 0 radical (unpaired) electrons. The van der Waals surface area contributed by atoms with Crippen LogP contribution in [-0.4, -0.2) is 16.1 Å². The summed E-state index contributed by atoms with van der Waals surface area (Å²) in [6.45, 7) is 4.87. The zero-order valence-electron chi connectivity index (χ0n) is 11.5. The van der Waals surface area contributed by atoms with Gasteiger partial charge in [0.25, 0.3) is 0 Å². The molecule has 0 amide bonds. The first kappa shape index (κ1) is 12.4. The number of rotatable bonds is 5. The number of fused-ring (bicyclic) bond motifs is 1. The predicted octanol–water partition coefficient (Wildman–Crippen LogP) is 2.53. The Morgan fingerprint density at radius 3 is 3.05 bits per heavy atom. The highest BCUT2D eigenvalue weighted by Gasteiger charge is 2.10. The van der Waals surface area contributed by atoms with E-state index >= 15 is 0 Å². The van der Waals surface area contributed by atoms with Crippen LogP contribution in [0.25, 0.3) is 0 Å². The van der Waals surface area contributed by atoms with E-state index in [4.69, 9.17) is 0 Å². The van der Waals surface area contributed by atoms with E-state index < -0.39 is 0 Å². The van der Waals surface area contributed by atoms with Crippen LogP contribution in [0.5, 0.6) is 0 Å². The molecule has 1 aromatic heterocycles. The lowest BCUT2D eigenvalue weighted by Gasteiger charge is -2.05. The van der Waals surface area contributed by atoms with Crippen LogP contribution in [0, 0.1) is 0 Å². The van der Waals surface area contributed by atoms with Crippen LogP contribution in [0.4, 0.5) is 0 Å². The minimum Gasteiger partial charge on any atom is -0.333 e. The van der Waals surface area contributed by atoms with E-state index in [1.807, 2.05) is 6.33 Å². The van der Waals surface area contributed by atoms with E-state index in [2.05, 4.69) is 46.2 Å². The normalized spacial score (nSPS) is 13.7. The number of aryl methyl sites for hydroxylation is 2. The number of hydrogen-bond acceptors (Lipinski definition) is 2. The van der Waals surface area contributed by atoms with Gasteiger partial charge in [-0.15, -0.1) is 0 Å². The topological polar surface area (TPSA) is 29.9 Å². The van der Waals surface area contributed by atoms with Crippen LogP contribution in [0.3, 0.4) is 0 Å². The first-order chi connectivity index (χ1) is 9.35. The Balaban J connectivity index is 1.69. The molecule has 3 rings (SSSR count). The van der Waals surface area contributed by atoms with Gasteiger partial charge in [-0.25, -0.2) is 4.98 Å². The Morgan fingerprint density at radius 2 is 2.16 bits per heavy atom. The lowest BCUT2D eigenvalue weighted by molar-refractivity contribution is 0.712. The van der Waals surface area contributed by atoms with Crippen LogP contribution in [0.15, 0.2) is 30.7 Å². The van der Waals surface area contributed by atoms with Gasteiger partial charge in [0.2, 0.25) is 0 Å². The quantitative estimate of drug-likeness (QED) is 0.889. The summed E-state index contributed by atoms with van der Waals surface area (Å²) in [7, 11) is 0. The average Bonchev–Trinajstić information content (AvgIpc) is 3.05. The Morgan fingerprint density at radius 1 is 1.26 bits per heavy atom. The minimum atomic E-state index is 0.855. The van der Waals surface area contributed by atoms with E-state index in [-0.39, 0.29) is 0 Å². The van der Waals surface area contributed by atoms with Crippen molar-refractivity contribution in [3.8, 4) is 0 Å². The second-order valence-electron chi connectivity index (χ2n) is 5.27. The molecule has 0 saturated carbocycles. The number of hydrogen-bond donors (Lipinski definition) is 1. The van der Waals surface area contributed by atoms with Crippen molar-refractivity contribution in [3.05, 3.63) is 53.1 Å². The molecule has 0 spiro atoms. The van der Waals surface area contributed by atoms with Gasteiger partial charge in [-0.1, -0.05) is 25.1 Å². The summed E-state index contributed by atoms with van der Waals surface area (Å²) >= 11 is 0. The van der Waals surface area contributed by atoms with Gasteiger partial charge in [0, 0.05) is 19.3 Å². The average molecular weight is 255 g/mol. The molecule has 1 heterocycles. The monoisotopic (exact) mass is 255 g/mol. The van der Waals surface area contributed by atoms with Crippen molar-refractivity contribution in [1.29, 1.82) is 0 Å². The van der Waals surface area contributed by atoms with Crippen molar-refractivity contribution in [1.82, 2.24) is 14.9 Å². The molecular formula is C16H21N3. The molecule has 0 saturated heterocycles. The highest BCUT2D eigenvalue weighted by molar-refractivity contribution is 5.35. The van der Waals surface area contributed by atoms with Crippen LogP contribution < -0.4 is 5.32 Å². The molecule has 0 fully saturated rings. The minimum absolute atomic E-state index is 0.855. The lowest BCUT2D eigenvalue weighted by Crippen LogP contribution is -2.11. The number of nitrogens with one attached hydrogen (secondary N) is 1. The van der Waals surface area contributed by atoms with Gasteiger partial charge in [0.05, 0.1) is 12.0 Å². The molecule has 0 aliphatic heterocycles. The van der Waals surface area contributed by atoms with Gasteiger partial charge in [-0.2, -0.15) is 0 Å². The Labute approximate surface area is 114 Å². The summed E-state index contributed by atoms with van der Waals surface area (Å²) in [5.74, 6) is 0. The van der Waals surface area contributed by atoms with Crippen LogP contribution >= 0.6 is 0 Å². The molecule has 3 heteroatoms. The Kier molecular flexibility index (Phi) is 3.65. The van der Waals surface area contributed by atoms with Crippen LogP contribution in [-0.2, 0) is 25.9 Å². The highest BCUT2D eigenvalue weighted by Crippen LogP contribution is 2.23. The van der Waals surface area contributed by atoms with Crippen molar-refractivity contribution in [2.24, 2.45) is 0 Å². The van der Waals surface area contributed by atoms with Crippen molar-refractivity contribution < 1.29 is 0 Å². The number of benzene rings is 1. The SMILES string of the molecule is CCNCc1cn(Cc2ccc3c(c2)CCC3)cn1. The fourth-order valence-electron chi connectivity index (χ4n) is 2.77. The second kappa shape index (κ2) is 5.57. The fourth-order valence-corrected chi connectivity index (χ4v) is 2.77. The zero-order chi connectivity index (χ0) is 13.1. The van der Waals surface area contributed by atoms with Crippen molar-refractivity contribution in [2.45, 2.75) is 39.3 Å². The molecule has 3 nitrogen and oxygen atoms in total. The molecular weight excluding hydrogens is 234 g/mol. The molecule has 1 N–H and O–H groups in total. The molecule has 1 aromatic carbocycles. The third kappa shape index (κ3) is 2.87. The van der Waals surface area contributed by atoms with Gasteiger partial charge in [0.15, 0.2) is 0 Å². The second-order valence-corrected chi connectivity index (χ2v) is 5.27. The Bertz CT molecular complexity index is 557. The fraction of sp³-hybridized carbons (Fsp3) is 0.438. The first-order valence-corrected chi connectivity index (χ1v) is 7.17. The van der Waals surface area contributed by atoms with Gasteiger partial charge in [-0.3, -0.25) is 0 Å². The van der Waals surface area contributed by atoms with E-state index in [1.54, 1.807) is 11.1 Å². The van der Waals surface area contributed by atoms with Gasteiger partial charge < -0.3 is 9.88 Å². The summed E-state index contributed by atoms with van der Waals surface area (Å²) in [4.78, 5) is 4.42. The van der Waals surface area contributed by atoms with Crippen LogP contribution in [0.2, 0.25) is 0 Å². The van der Waals surface area contributed by atoms with Gasteiger partial charge in [0.1, 0.15) is 0 Å². The van der Waals surface area contributed by atoms with E-state index in [0.717, 1.165) is 25.3 Å². The number of nitrogens with zero attached hydrogens (tertiary/aromatic N) is 2. The zero-order valence-corrected chi connectivity index (χ0v) is 11.5. The maximum atomic E-state index is 4.42. The van der Waals surface area contributed by atoms with Crippen molar-refractivity contribution >= 4 is 0 Å². The lowest BCUT2D eigenvalue weighted by atomic mass is 10.1. The van der Waals surface area contributed by atoms with E-state index in [1.165, 1.54) is 24.8 Å². The third-order valence-electron chi connectivity index (χ3n) is 3.77. The maximum Gasteiger partial charge on any atom is 0.0953 e. The van der Waals surface area contributed by atoms with Crippen molar-refractivity contribution in [3.63, 3.8) is 0 Å². The summed E-state index contributed by atoms with van der Waals surface area (Å²) in [5, 5.41) is 3.30. The summed E-state index contributed by atoms with van der Waals surface area (Å²) in [5.41, 5.74) is 5.59. The molecule has 2 aromatic rings. The largest absolute Gasteiger partial charge is 0.333 e. The molecule has 0 atom stereocenters. The van der Waals surface area contributed by atoms with Gasteiger partial charge >= 0.3 is 0 Å². The highest BCUT2D eigenvalue weighted by atomic mass is 15.0. The molecule has 19 heavy (non-hydrogen) atoms. The standard InChI is InChI=1S/C16H21N3/c1-2-17-9-16-11-19(12-18-16)10-13-6-7-14-4-3-5-15(14)8-13/h6-8,11-12,17H,2-5,9-10H2,1H3. The maximum absolute atomic E-state index is 4.42. The van der Waals surface area contributed by atoms with E-state index in [0.29, 0.717) is 0 Å². The first-order valence-electron chi connectivity index (χ1n) is 7.17. The smallest absolute Gasteiger partial charge is 0.0953 e. The summed E-state index contributed by atoms with van der Waals surface area (Å²) in [6.07, 6.45) is 7.89. The van der Waals surface area contributed by atoms with Gasteiger partial charge in [-0.05, 0) is 42.5 Å². The third-order valence-corrected chi connectivity index (χ3v) is 3.77. The van der Waals surface area contributed by atoms with E-state index in [9.17, 15) is 0 Å².